The number of methoxy groups -OCH3 is 1. The molecular weight excluding hydrogens is 252 g/mol. The van der Waals surface area contributed by atoms with Crippen molar-refractivity contribution in [3.8, 4) is 5.75 Å². The average molecular weight is 271 g/mol. The summed E-state index contributed by atoms with van der Waals surface area (Å²) in [6.45, 7) is 4.35. The van der Waals surface area contributed by atoms with Crippen LogP contribution in [-0.4, -0.2) is 11.9 Å². The molecule has 84 valence electrons. The van der Waals surface area contributed by atoms with Gasteiger partial charge in [-0.15, -0.1) is 0 Å². The molecule has 1 aromatic carbocycles. The number of ether oxygens (including phenoxy) is 1. The second-order valence-electron chi connectivity index (χ2n) is 3.84. The first-order chi connectivity index (χ1) is 7.17. The van der Waals surface area contributed by atoms with Crippen LogP contribution in [0.4, 0.5) is 0 Å². The third kappa shape index (κ3) is 3.86. The zero-order valence-electron chi connectivity index (χ0n) is 9.72. The topological polar surface area (TPSA) is 9.23 Å². The van der Waals surface area contributed by atoms with E-state index in [9.17, 15) is 0 Å². The predicted octanol–water partition coefficient (Wildman–Crippen LogP) is 4.11. The number of alkyl halides is 1. The van der Waals surface area contributed by atoms with Gasteiger partial charge in [0.15, 0.2) is 0 Å². The number of benzene rings is 1. The Morgan fingerprint density at radius 2 is 2.13 bits per heavy atom. The molecule has 0 heterocycles. The molecule has 0 aliphatic heterocycles. The molecule has 0 saturated carbocycles. The van der Waals surface area contributed by atoms with Crippen LogP contribution < -0.4 is 4.74 Å². The molecule has 1 rings (SSSR count). The van der Waals surface area contributed by atoms with E-state index in [2.05, 4.69) is 41.9 Å². The Balaban J connectivity index is 2.62. The van der Waals surface area contributed by atoms with Gasteiger partial charge < -0.3 is 4.74 Å². The van der Waals surface area contributed by atoms with Crippen molar-refractivity contribution in [2.75, 3.05) is 7.11 Å². The summed E-state index contributed by atoms with van der Waals surface area (Å²) >= 11 is 3.66. The van der Waals surface area contributed by atoms with E-state index in [1.165, 1.54) is 24.0 Å². The second-order valence-corrected chi connectivity index (χ2v) is 5.13. The Labute approximate surface area is 101 Å². The molecule has 0 N–H and O–H groups in total. The van der Waals surface area contributed by atoms with E-state index >= 15 is 0 Å². The molecule has 0 radical (unpaired) electrons. The Morgan fingerprint density at radius 3 is 2.67 bits per heavy atom. The molecule has 0 saturated heterocycles. The molecule has 2 heteroatoms. The van der Waals surface area contributed by atoms with Crippen LogP contribution in [0.1, 0.15) is 30.9 Å². The second kappa shape index (κ2) is 6.16. The Hall–Kier alpha value is -0.500. The first-order valence-corrected chi connectivity index (χ1v) is 6.36. The number of halogens is 1. The maximum atomic E-state index is 5.19. The molecule has 0 aliphatic carbocycles. The average Bonchev–Trinajstić information content (AvgIpc) is 2.26. The zero-order valence-corrected chi connectivity index (χ0v) is 11.3. The van der Waals surface area contributed by atoms with E-state index in [0.717, 1.165) is 12.2 Å². The van der Waals surface area contributed by atoms with E-state index in [1.54, 1.807) is 7.11 Å². The van der Waals surface area contributed by atoms with Crippen LogP contribution in [0, 0.1) is 6.92 Å². The van der Waals surface area contributed by atoms with Crippen molar-refractivity contribution in [3.63, 3.8) is 0 Å². The van der Waals surface area contributed by atoms with E-state index in [0.29, 0.717) is 4.83 Å². The normalized spacial score (nSPS) is 12.5. The Bertz CT molecular complexity index is 309. The maximum absolute atomic E-state index is 5.19. The standard InChI is InChI=1S/C13H19BrO/c1-4-12(14)7-5-11-6-8-13(15-3)9-10(11)2/h6,8-9,12H,4-5,7H2,1-3H3. The van der Waals surface area contributed by atoms with Crippen LogP contribution >= 0.6 is 15.9 Å². The van der Waals surface area contributed by atoms with Gasteiger partial charge in [-0.1, -0.05) is 28.9 Å². The predicted molar refractivity (Wildman–Crippen MR) is 69.1 cm³/mol. The minimum atomic E-state index is 0.638. The van der Waals surface area contributed by atoms with Gasteiger partial charge in [-0.25, -0.2) is 0 Å². The minimum Gasteiger partial charge on any atom is -0.497 e. The fourth-order valence-corrected chi connectivity index (χ4v) is 1.82. The zero-order chi connectivity index (χ0) is 11.3. The highest BCUT2D eigenvalue weighted by molar-refractivity contribution is 9.09. The first-order valence-electron chi connectivity index (χ1n) is 5.45. The lowest BCUT2D eigenvalue weighted by Gasteiger charge is -2.10. The molecule has 15 heavy (non-hydrogen) atoms. The molecule has 0 amide bonds. The highest BCUT2D eigenvalue weighted by Crippen LogP contribution is 2.20. The van der Waals surface area contributed by atoms with Crippen molar-refractivity contribution >= 4 is 15.9 Å². The van der Waals surface area contributed by atoms with Gasteiger partial charge in [0.1, 0.15) is 5.75 Å². The van der Waals surface area contributed by atoms with E-state index in [-0.39, 0.29) is 0 Å². The fourth-order valence-electron chi connectivity index (χ4n) is 1.59. The van der Waals surface area contributed by atoms with Crippen LogP contribution in [0.3, 0.4) is 0 Å². The van der Waals surface area contributed by atoms with Crippen molar-refractivity contribution in [1.29, 1.82) is 0 Å². The van der Waals surface area contributed by atoms with Crippen molar-refractivity contribution in [2.24, 2.45) is 0 Å². The van der Waals surface area contributed by atoms with E-state index in [1.807, 2.05) is 6.07 Å². The molecule has 0 aliphatic rings. The molecule has 0 bridgehead atoms. The molecule has 0 aromatic heterocycles. The summed E-state index contributed by atoms with van der Waals surface area (Å²) in [6, 6.07) is 6.31. The van der Waals surface area contributed by atoms with Gasteiger partial charge >= 0.3 is 0 Å². The summed E-state index contributed by atoms with van der Waals surface area (Å²) in [5.41, 5.74) is 2.75. The SMILES string of the molecule is CCC(Br)CCc1ccc(OC)cc1C. The summed E-state index contributed by atoms with van der Waals surface area (Å²) < 4.78 is 5.19. The number of rotatable bonds is 5. The molecule has 0 fully saturated rings. The molecule has 1 aromatic rings. The summed E-state index contributed by atoms with van der Waals surface area (Å²) in [5, 5.41) is 0. The molecule has 0 spiro atoms. The van der Waals surface area contributed by atoms with Gasteiger partial charge in [0.05, 0.1) is 7.11 Å². The smallest absolute Gasteiger partial charge is 0.119 e. The van der Waals surface area contributed by atoms with E-state index in [4.69, 9.17) is 4.74 Å². The van der Waals surface area contributed by atoms with Crippen molar-refractivity contribution < 1.29 is 4.74 Å². The van der Waals surface area contributed by atoms with Gasteiger partial charge in [-0.05, 0) is 49.4 Å². The first kappa shape index (κ1) is 12.6. The van der Waals surface area contributed by atoms with Crippen molar-refractivity contribution in [1.82, 2.24) is 0 Å². The highest BCUT2D eigenvalue weighted by atomic mass is 79.9. The molecule has 1 unspecified atom stereocenters. The van der Waals surface area contributed by atoms with Gasteiger partial charge in [0.25, 0.3) is 0 Å². The number of aryl methyl sites for hydroxylation is 2. The van der Waals surface area contributed by atoms with Crippen LogP contribution in [0.5, 0.6) is 5.75 Å². The third-order valence-corrected chi connectivity index (χ3v) is 3.82. The number of hydrogen-bond donors (Lipinski definition) is 0. The summed E-state index contributed by atoms with van der Waals surface area (Å²) in [7, 11) is 1.71. The lowest BCUT2D eigenvalue weighted by molar-refractivity contribution is 0.414. The maximum Gasteiger partial charge on any atom is 0.119 e. The molecule has 1 atom stereocenters. The third-order valence-electron chi connectivity index (χ3n) is 2.72. The van der Waals surface area contributed by atoms with Crippen LogP contribution in [0.25, 0.3) is 0 Å². The Morgan fingerprint density at radius 1 is 1.40 bits per heavy atom. The van der Waals surface area contributed by atoms with Crippen LogP contribution in [0.2, 0.25) is 0 Å². The summed E-state index contributed by atoms with van der Waals surface area (Å²) in [5.74, 6) is 0.946. The van der Waals surface area contributed by atoms with Crippen LogP contribution in [-0.2, 0) is 6.42 Å². The summed E-state index contributed by atoms with van der Waals surface area (Å²) in [4.78, 5) is 0.638. The fraction of sp³-hybridized carbons (Fsp3) is 0.538. The lowest BCUT2D eigenvalue weighted by atomic mass is 10.0. The van der Waals surface area contributed by atoms with Gasteiger partial charge in [0, 0.05) is 4.83 Å². The lowest BCUT2D eigenvalue weighted by Crippen LogP contribution is -1.99. The molecule has 1 nitrogen and oxygen atoms in total. The number of hydrogen-bond acceptors (Lipinski definition) is 1. The largest absolute Gasteiger partial charge is 0.497 e. The van der Waals surface area contributed by atoms with Crippen molar-refractivity contribution in [2.45, 2.75) is 37.9 Å². The van der Waals surface area contributed by atoms with Crippen molar-refractivity contribution in [3.05, 3.63) is 29.3 Å². The van der Waals surface area contributed by atoms with E-state index < -0.39 is 0 Å². The van der Waals surface area contributed by atoms with Crippen LogP contribution in [0.15, 0.2) is 18.2 Å². The summed E-state index contributed by atoms with van der Waals surface area (Å²) in [6.07, 6.45) is 3.53. The van der Waals surface area contributed by atoms with Gasteiger partial charge in [0.2, 0.25) is 0 Å². The Kier molecular flexibility index (Phi) is 5.16. The monoisotopic (exact) mass is 270 g/mol. The van der Waals surface area contributed by atoms with Gasteiger partial charge in [-0.2, -0.15) is 0 Å². The quantitative estimate of drug-likeness (QED) is 0.732. The highest BCUT2D eigenvalue weighted by Gasteiger charge is 2.04. The molecular formula is C13H19BrO. The minimum absolute atomic E-state index is 0.638. The van der Waals surface area contributed by atoms with Gasteiger partial charge in [-0.3, -0.25) is 0 Å².